The van der Waals surface area contributed by atoms with E-state index in [0.29, 0.717) is 5.65 Å². The molecule has 0 saturated carbocycles. The lowest BCUT2D eigenvalue weighted by molar-refractivity contribution is 0.595. The summed E-state index contributed by atoms with van der Waals surface area (Å²) in [5, 5.41) is 0.771. The van der Waals surface area contributed by atoms with Gasteiger partial charge in [0.25, 0.3) is 0 Å². The highest BCUT2D eigenvalue weighted by Gasteiger charge is 2.09. The monoisotopic (exact) mass is 195 g/mol. The molecule has 0 aliphatic carbocycles. The van der Waals surface area contributed by atoms with Crippen LogP contribution in [0.3, 0.4) is 0 Å². The van der Waals surface area contributed by atoms with Crippen LogP contribution >= 0.6 is 0 Å². The third-order valence-electron chi connectivity index (χ3n) is 1.71. The summed E-state index contributed by atoms with van der Waals surface area (Å²) in [5.41, 5.74) is 0.446. The molecule has 0 unspecified atom stereocenters. The Bertz CT molecular complexity index is 542. The van der Waals surface area contributed by atoms with Gasteiger partial charge in [0.1, 0.15) is 0 Å². The molecular formula is C8H7N2O2S. The van der Waals surface area contributed by atoms with Gasteiger partial charge in [-0.3, -0.25) is 0 Å². The molecule has 0 aliphatic heterocycles. The highest BCUT2D eigenvalue weighted by Crippen LogP contribution is 2.13. The maximum Gasteiger partial charge on any atom is 0.237 e. The van der Waals surface area contributed by atoms with Crippen molar-refractivity contribution in [3.05, 3.63) is 30.6 Å². The Kier molecular flexibility index (Phi) is 1.63. The Balaban J connectivity index is 2.87. The molecule has 5 heteroatoms. The fourth-order valence-electron chi connectivity index (χ4n) is 1.16. The second kappa shape index (κ2) is 2.56. The Hall–Kier alpha value is -1.36. The normalized spacial score (nSPS) is 12.1. The number of hydrogen-bond acceptors (Lipinski definition) is 3. The molecular weight excluding hydrogens is 188 g/mol. The SMILES string of the molecule is CS(=O)(=O)n1ccc2c[c]cnc21. The van der Waals surface area contributed by atoms with E-state index < -0.39 is 10.0 Å². The summed E-state index contributed by atoms with van der Waals surface area (Å²) < 4.78 is 23.6. The van der Waals surface area contributed by atoms with Crippen molar-refractivity contribution in [3.63, 3.8) is 0 Å². The van der Waals surface area contributed by atoms with Crippen LogP contribution in [-0.4, -0.2) is 23.6 Å². The second-order valence-electron chi connectivity index (χ2n) is 2.72. The van der Waals surface area contributed by atoms with Gasteiger partial charge in [-0.25, -0.2) is 17.4 Å². The van der Waals surface area contributed by atoms with Gasteiger partial charge in [-0.1, -0.05) is 0 Å². The van der Waals surface area contributed by atoms with Gasteiger partial charge in [0.05, 0.1) is 6.26 Å². The van der Waals surface area contributed by atoms with Crippen molar-refractivity contribution in [2.24, 2.45) is 0 Å². The average molecular weight is 195 g/mol. The summed E-state index contributed by atoms with van der Waals surface area (Å²) in [7, 11) is -3.25. The molecule has 2 heterocycles. The first-order chi connectivity index (χ1) is 6.09. The zero-order valence-corrected chi connectivity index (χ0v) is 7.75. The van der Waals surface area contributed by atoms with Crippen molar-refractivity contribution < 1.29 is 8.42 Å². The van der Waals surface area contributed by atoms with E-state index in [2.05, 4.69) is 11.1 Å². The van der Waals surface area contributed by atoms with Crippen molar-refractivity contribution in [3.8, 4) is 0 Å². The minimum Gasteiger partial charge on any atom is -0.237 e. The van der Waals surface area contributed by atoms with E-state index in [1.165, 1.54) is 12.4 Å². The maximum atomic E-state index is 11.2. The van der Waals surface area contributed by atoms with Crippen LogP contribution in [0, 0.1) is 6.07 Å². The van der Waals surface area contributed by atoms with Gasteiger partial charge in [-0.05, 0) is 12.1 Å². The lowest BCUT2D eigenvalue weighted by Crippen LogP contribution is -2.08. The first-order valence-electron chi connectivity index (χ1n) is 3.63. The fourth-order valence-corrected chi connectivity index (χ4v) is 1.91. The van der Waals surface area contributed by atoms with E-state index in [9.17, 15) is 8.42 Å². The quantitative estimate of drug-likeness (QED) is 0.671. The Labute approximate surface area is 75.9 Å². The fraction of sp³-hybridized carbons (Fsp3) is 0.125. The molecule has 0 fully saturated rings. The molecule has 0 aliphatic rings. The van der Waals surface area contributed by atoms with Crippen LogP contribution in [0.4, 0.5) is 0 Å². The topological polar surface area (TPSA) is 52.0 Å². The van der Waals surface area contributed by atoms with Gasteiger partial charge < -0.3 is 0 Å². The smallest absolute Gasteiger partial charge is 0.237 e. The summed E-state index contributed by atoms with van der Waals surface area (Å²) >= 11 is 0. The number of rotatable bonds is 1. The number of pyridine rings is 1. The first kappa shape index (κ1) is 8.25. The average Bonchev–Trinajstić information content (AvgIpc) is 2.45. The summed E-state index contributed by atoms with van der Waals surface area (Å²) in [6.45, 7) is 0. The molecule has 2 aromatic heterocycles. The Morgan fingerprint density at radius 2 is 2.31 bits per heavy atom. The molecule has 4 nitrogen and oxygen atoms in total. The molecule has 0 saturated heterocycles. The van der Waals surface area contributed by atoms with Gasteiger partial charge in [0, 0.05) is 23.8 Å². The number of hydrogen-bond donors (Lipinski definition) is 0. The predicted octanol–water partition coefficient (Wildman–Crippen LogP) is 0.644. The van der Waals surface area contributed by atoms with Crippen LogP contribution < -0.4 is 0 Å². The lowest BCUT2D eigenvalue weighted by atomic mass is 10.3. The van der Waals surface area contributed by atoms with Gasteiger partial charge in [0.2, 0.25) is 10.0 Å². The molecule has 0 amide bonds. The van der Waals surface area contributed by atoms with E-state index >= 15 is 0 Å². The van der Waals surface area contributed by atoms with Crippen LogP contribution in [0.2, 0.25) is 0 Å². The second-order valence-corrected chi connectivity index (χ2v) is 4.58. The van der Waals surface area contributed by atoms with E-state index in [1.54, 1.807) is 12.1 Å². The predicted molar refractivity (Wildman–Crippen MR) is 48.8 cm³/mol. The largest absolute Gasteiger partial charge is 0.237 e. The van der Waals surface area contributed by atoms with Crippen LogP contribution in [0.5, 0.6) is 0 Å². The van der Waals surface area contributed by atoms with Crippen molar-refractivity contribution in [1.82, 2.24) is 8.96 Å². The highest BCUT2D eigenvalue weighted by atomic mass is 32.2. The molecule has 0 atom stereocenters. The van der Waals surface area contributed by atoms with Crippen LogP contribution in [0.1, 0.15) is 0 Å². The standard InChI is InChI=1S/C8H7N2O2S/c1-13(11,12)10-6-4-7-3-2-5-9-8(7)10/h3-6H,1H3. The number of fused-ring (bicyclic) bond motifs is 1. The van der Waals surface area contributed by atoms with Crippen molar-refractivity contribution in [2.45, 2.75) is 0 Å². The van der Waals surface area contributed by atoms with Gasteiger partial charge in [0.15, 0.2) is 5.65 Å². The van der Waals surface area contributed by atoms with Crippen LogP contribution in [0.25, 0.3) is 11.0 Å². The molecule has 13 heavy (non-hydrogen) atoms. The van der Waals surface area contributed by atoms with E-state index in [4.69, 9.17) is 0 Å². The molecule has 67 valence electrons. The van der Waals surface area contributed by atoms with E-state index in [-0.39, 0.29) is 0 Å². The minimum atomic E-state index is -3.25. The molecule has 0 aromatic carbocycles. The first-order valence-corrected chi connectivity index (χ1v) is 5.47. The molecule has 0 N–H and O–H groups in total. The van der Waals surface area contributed by atoms with Crippen LogP contribution in [-0.2, 0) is 10.0 Å². The zero-order valence-electron chi connectivity index (χ0n) is 6.93. The van der Waals surface area contributed by atoms with E-state index in [0.717, 1.165) is 15.6 Å². The third-order valence-corrected chi connectivity index (χ3v) is 2.72. The molecule has 2 aromatic rings. The van der Waals surface area contributed by atoms with Crippen molar-refractivity contribution in [2.75, 3.05) is 6.26 Å². The number of nitrogens with zero attached hydrogens (tertiary/aromatic N) is 2. The van der Waals surface area contributed by atoms with Crippen molar-refractivity contribution in [1.29, 1.82) is 0 Å². The lowest BCUT2D eigenvalue weighted by Gasteiger charge is -1.99. The molecule has 0 bridgehead atoms. The Morgan fingerprint density at radius 1 is 1.54 bits per heavy atom. The minimum absolute atomic E-state index is 0.446. The zero-order chi connectivity index (χ0) is 9.47. The van der Waals surface area contributed by atoms with Crippen LogP contribution in [0.15, 0.2) is 24.5 Å². The van der Waals surface area contributed by atoms with Gasteiger partial charge >= 0.3 is 0 Å². The molecule has 0 spiro atoms. The summed E-state index contributed by atoms with van der Waals surface area (Å²) in [5.74, 6) is 0. The van der Waals surface area contributed by atoms with Gasteiger partial charge in [-0.15, -0.1) is 0 Å². The van der Waals surface area contributed by atoms with Gasteiger partial charge in [-0.2, -0.15) is 0 Å². The maximum absolute atomic E-state index is 11.2. The van der Waals surface area contributed by atoms with E-state index in [1.807, 2.05) is 0 Å². The Morgan fingerprint density at radius 3 is 3.00 bits per heavy atom. The summed E-state index contributed by atoms with van der Waals surface area (Å²) in [4.78, 5) is 3.94. The highest BCUT2D eigenvalue weighted by molar-refractivity contribution is 7.89. The number of aromatic nitrogens is 2. The third kappa shape index (κ3) is 1.31. The molecule has 2 rings (SSSR count). The van der Waals surface area contributed by atoms with Crippen molar-refractivity contribution >= 4 is 21.1 Å². The summed E-state index contributed by atoms with van der Waals surface area (Å²) in [6, 6.07) is 6.17. The molecule has 1 radical (unpaired) electrons. The summed E-state index contributed by atoms with van der Waals surface area (Å²) in [6.07, 6.45) is 4.08.